The van der Waals surface area contributed by atoms with Gasteiger partial charge in [0.25, 0.3) is 0 Å². The van der Waals surface area contributed by atoms with Crippen LogP contribution in [0.15, 0.2) is 42.6 Å². The van der Waals surface area contributed by atoms with Crippen LogP contribution in [0.3, 0.4) is 0 Å². The van der Waals surface area contributed by atoms with Crippen LogP contribution < -0.4 is 5.32 Å². The van der Waals surface area contributed by atoms with Crippen LogP contribution in [-0.4, -0.2) is 11.5 Å². The summed E-state index contributed by atoms with van der Waals surface area (Å²) >= 11 is 0. The molecule has 0 aliphatic heterocycles. The molecule has 0 saturated heterocycles. The maximum absolute atomic E-state index is 3.44. The Kier molecular flexibility index (Phi) is 4.88. The lowest BCUT2D eigenvalue weighted by Gasteiger charge is -2.02. The zero-order valence-electron chi connectivity index (χ0n) is 11.1. The summed E-state index contributed by atoms with van der Waals surface area (Å²) in [6, 6.07) is 12.6. The van der Waals surface area contributed by atoms with Crippen molar-refractivity contribution in [2.24, 2.45) is 0 Å². The second-order valence-corrected chi connectivity index (χ2v) is 4.66. The normalized spacial score (nSPS) is 10.5. The Labute approximate surface area is 109 Å². The number of anilines is 1. The minimum atomic E-state index is 1.05. The zero-order valence-corrected chi connectivity index (χ0v) is 11.1. The van der Waals surface area contributed by atoms with E-state index in [1.807, 2.05) is 6.07 Å². The van der Waals surface area contributed by atoms with Gasteiger partial charge in [-0.15, -0.1) is 0 Å². The highest BCUT2D eigenvalue weighted by atomic mass is 15.0. The summed E-state index contributed by atoms with van der Waals surface area (Å²) in [6.45, 7) is 3.29. The van der Waals surface area contributed by atoms with E-state index in [9.17, 15) is 0 Å². The minimum Gasteiger partial charge on any atom is -0.372 e. The van der Waals surface area contributed by atoms with E-state index in [-0.39, 0.29) is 0 Å². The topological polar surface area (TPSA) is 27.8 Å². The second kappa shape index (κ2) is 6.90. The molecule has 0 amide bonds. The van der Waals surface area contributed by atoms with Gasteiger partial charge in [0.1, 0.15) is 5.82 Å². The van der Waals surface area contributed by atoms with Crippen molar-refractivity contribution >= 4 is 5.82 Å². The molecule has 0 unspecified atom stereocenters. The summed E-state index contributed by atoms with van der Waals surface area (Å²) in [5.74, 6) is 1.12. The van der Waals surface area contributed by atoms with Gasteiger partial charge in [0.2, 0.25) is 0 Å². The molecule has 1 aromatic carbocycles. The van der Waals surface area contributed by atoms with Gasteiger partial charge in [0.05, 0.1) is 0 Å². The Morgan fingerprint density at radius 1 is 1.00 bits per heavy atom. The molecule has 2 N–H and O–H groups in total. The summed E-state index contributed by atoms with van der Waals surface area (Å²) in [6.07, 6.45) is 7.25. The van der Waals surface area contributed by atoms with Crippen LogP contribution in [0.2, 0.25) is 0 Å². The van der Waals surface area contributed by atoms with Gasteiger partial charge in [-0.1, -0.05) is 56.5 Å². The quantitative estimate of drug-likeness (QED) is 0.678. The third-order valence-corrected chi connectivity index (χ3v) is 3.14. The van der Waals surface area contributed by atoms with Gasteiger partial charge in [-0.2, -0.15) is 0 Å². The highest BCUT2D eigenvalue weighted by Gasteiger charge is 2.00. The van der Waals surface area contributed by atoms with Crippen LogP contribution in [0.1, 0.15) is 32.6 Å². The van der Waals surface area contributed by atoms with Crippen LogP contribution in [0.5, 0.6) is 0 Å². The van der Waals surface area contributed by atoms with Crippen molar-refractivity contribution in [2.45, 2.75) is 32.6 Å². The first-order valence-electron chi connectivity index (χ1n) is 6.88. The van der Waals surface area contributed by atoms with Gasteiger partial charge in [-0.25, -0.2) is 0 Å². The van der Waals surface area contributed by atoms with Crippen molar-refractivity contribution in [2.75, 3.05) is 11.9 Å². The molecule has 0 spiro atoms. The Hall–Kier alpha value is -1.70. The number of rotatable bonds is 7. The molecule has 0 fully saturated rings. The van der Waals surface area contributed by atoms with Crippen molar-refractivity contribution in [3.8, 4) is 11.1 Å². The van der Waals surface area contributed by atoms with Crippen molar-refractivity contribution in [1.29, 1.82) is 0 Å². The largest absolute Gasteiger partial charge is 0.372 e. The number of unbranched alkanes of at least 4 members (excludes halogenated alkanes) is 3. The molecule has 1 heterocycles. The number of nitrogens with one attached hydrogen (secondary N) is 2. The maximum atomic E-state index is 3.44. The summed E-state index contributed by atoms with van der Waals surface area (Å²) in [4.78, 5) is 3.28. The standard InChI is InChI=1S/C16H22N2/c1-2-3-4-8-11-17-16-12-15(13-18-16)14-9-6-5-7-10-14/h5-7,9-10,12-13,17-18H,2-4,8,11H2,1H3. The third-order valence-electron chi connectivity index (χ3n) is 3.14. The van der Waals surface area contributed by atoms with E-state index in [0.717, 1.165) is 12.4 Å². The lowest BCUT2D eigenvalue weighted by molar-refractivity contribution is 0.684. The molecule has 0 aliphatic carbocycles. The number of hydrogen-bond donors (Lipinski definition) is 2. The molecular formula is C16H22N2. The Balaban J connectivity index is 1.83. The van der Waals surface area contributed by atoms with Crippen LogP contribution >= 0.6 is 0 Å². The van der Waals surface area contributed by atoms with Gasteiger partial charge in [-0.3, -0.25) is 0 Å². The molecule has 0 aliphatic rings. The molecule has 96 valence electrons. The van der Waals surface area contributed by atoms with E-state index >= 15 is 0 Å². The van der Waals surface area contributed by atoms with E-state index < -0.39 is 0 Å². The zero-order chi connectivity index (χ0) is 12.6. The average Bonchev–Trinajstić information content (AvgIpc) is 2.88. The van der Waals surface area contributed by atoms with E-state index in [1.165, 1.54) is 36.8 Å². The van der Waals surface area contributed by atoms with Crippen LogP contribution in [0.4, 0.5) is 5.82 Å². The van der Waals surface area contributed by atoms with E-state index in [4.69, 9.17) is 0 Å². The average molecular weight is 242 g/mol. The first kappa shape index (κ1) is 12.7. The van der Waals surface area contributed by atoms with Gasteiger partial charge in [0, 0.05) is 18.3 Å². The Morgan fingerprint density at radius 3 is 2.61 bits per heavy atom. The molecule has 2 heteroatoms. The van der Waals surface area contributed by atoms with Crippen molar-refractivity contribution in [1.82, 2.24) is 4.98 Å². The van der Waals surface area contributed by atoms with Gasteiger partial charge in [0.15, 0.2) is 0 Å². The number of benzene rings is 1. The summed E-state index contributed by atoms with van der Waals surface area (Å²) in [5.41, 5.74) is 2.50. The Morgan fingerprint density at radius 2 is 1.83 bits per heavy atom. The number of hydrogen-bond acceptors (Lipinski definition) is 1. The fourth-order valence-corrected chi connectivity index (χ4v) is 2.07. The maximum Gasteiger partial charge on any atom is 0.103 e. The van der Waals surface area contributed by atoms with E-state index in [1.54, 1.807) is 0 Å². The molecule has 2 rings (SSSR count). The smallest absolute Gasteiger partial charge is 0.103 e. The highest BCUT2D eigenvalue weighted by molar-refractivity contribution is 5.66. The second-order valence-electron chi connectivity index (χ2n) is 4.66. The fourth-order valence-electron chi connectivity index (χ4n) is 2.07. The van der Waals surface area contributed by atoms with Crippen molar-refractivity contribution in [3.63, 3.8) is 0 Å². The molecular weight excluding hydrogens is 220 g/mol. The molecule has 0 radical (unpaired) electrons. The van der Waals surface area contributed by atoms with Crippen molar-refractivity contribution in [3.05, 3.63) is 42.6 Å². The summed E-state index contributed by atoms with van der Waals surface area (Å²) in [5, 5.41) is 3.44. The Bertz CT molecular complexity index is 445. The molecule has 0 bridgehead atoms. The number of H-pyrrole nitrogens is 1. The molecule has 18 heavy (non-hydrogen) atoms. The van der Waals surface area contributed by atoms with E-state index in [2.05, 4.69) is 53.8 Å². The van der Waals surface area contributed by atoms with Gasteiger partial charge in [-0.05, 0) is 18.1 Å². The lowest BCUT2D eigenvalue weighted by Crippen LogP contribution is -2.01. The molecule has 2 nitrogen and oxygen atoms in total. The van der Waals surface area contributed by atoms with Gasteiger partial charge < -0.3 is 10.3 Å². The molecule has 1 aromatic heterocycles. The monoisotopic (exact) mass is 242 g/mol. The molecule has 0 atom stereocenters. The van der Waals surface area contributed by atoms with Gasteiger partial charge >= 0.3 is 0 Å². The summed E-state index contributed by atoms with van der Waals surface area (Å²) < 4.78 is 0. The minimum absolute atomic E-state index is 1.05. The van der Waals surface area contributed by atoms with Crippen molar-refractivity contribution < 1.29 is 0 Å². The van der Waals surface area contributed by atoms with E-state index in [0.29, 0.717) is 0 Å². The first-order valence-corrected chi connectivity index (χ1v) is 6.88. The lowest BCUT2D eigenvalue weighted by atomic mass is 10.1. The fraction of sp³-hybridized carbons (Fsp3) is 0.375. The number of aromatic nitrogens is 1. The predicted octanol–water partition coefficient (Wildman–Crippen LogP) is 4.67. The van der Waals surface area contributed by atoms with Crippen LogP contribution in [-0.2, 0) is 0 Å². The predicted molar refractivity (Wildman–Crippen MR) is 78.9 cm³/mol. The SMILES string of the molecule is CCCCCCNc1cc(-c2ccccc2)c[nH]1. The first-order chi connectivity index (χ1) is 8.90. The highest BCUT2D eigenvalue weighted by Crippen LogP contribution is 2.21. The third kappa shape index (κ3) is 3.66. The van der Waals surface area contributed by atoms with Crippen LogP contribution in [0.25, 0.3) is 11.1 Å². The summed E-state index contributed by atoms with van der Waals surface area (Å²) in [7, 11) is 0. The molecule has 0 saturated carbocycles. The number of aromatic amines is 1. The molecule has 2 aromatic rings. The van der Waals surface area contributed by atoms with Crippen LogP contribution in [0, 0.1) is 0 Å².